The fourth-order valence-corrected chi connectivity index (χ4v) is 2.87. The summed E-state index contributed by atoms with van der Waals surface area (Å²) in [6.45, 7) is 4.09. The molecule has 2 heterocycles. The molecule has 3 rings (SSSR count). The molecule has 1 N–H and O–H groups in total. The van der Waals surface area contributed by atoms with Crippen LogP contribution in [0.5, 0.6) is 0 Å². The Bertz CT molecular complexity index is 821. The van der Waals surface area contributed by atoms with Crippen molar-refractivity contribution in [1.82, 2.24) is 14.3 Å². The Morgan fingerprint density at radius 3 is 2.74 bits per heavy atom. The lowest BCUT2D eigenvalue weighted by Gasteiger charge is -2.14. The second-order valence-electron chi connectivity index (χ2n) is 5.47. The van der Waals surface area contributed by atoms with E-state index in [9.17, 15) is 4.79 Å². The maximum atomic E-state index is 12.7. The van der Waals surface area contributed by atoms with Gasteiger partial charge in [0.05, 0.1) is 11.4 Å². The van der Waals surface area contributed by atoms with Crippen molar-refractivity contribution >= 4 is 27.5 Å². The van der Waals surface area contributed by atoms with Crippen LogP contribution in [0.1, 0.15) is 30.4 Å². The van der Waals surface area contributed by atoms with Crippen LogP contribution in [0, 0.1) is 0 Å². The van der Waals surface area contributed by atoms with Crippen molar-refractivity contribution in [3.8, 4) is 5.69 Å². The molecule has 0 unspecified atom stereocenters. The van der Waals surface area contributed by atoms with E-state index in [2.05, 4.69) is 26.3 Å². The number of aromatic nitrogens is 3. The summed E-state index contributed by atoms with van der Waals surface area (Å²) in [7, 11) is 0. The van der Waals surface area contributed by atoms with E-state index in [0.717, 1.165) is 10.2 Å². The van der Waals surface area contributed by atoms with Crippen molar-refractivity contribution in [2.75, 3.05) is 5.32 Å². The predicted octanol–water partition coefficient (Wildman–Crippen LogP) is 4.27. The molecule has 0 spiro atoms. The van der Waals surface area contributed by atoms with E-state index in [1.807, 2.05) is 67.2 Å². The van der Waals surface area contributed by atoms with Gasteiger partial charge in [-0.05, 0) is 54.0 Å². The Kier molecular flexibility index (Phi) is 4.34. The zero-order valence-electron chi connectivity index (χ0n) is 12.9. The molecule has 0 fully saturated rings. The van der Waals surface area contributed by atoms with Crippen molar-refractivity contribution in [3.63, 3.8) is 0 Å². The normalized spacial score (nSPS) is 11.0. The van der Waals surface area contributed by atoms with E-state index >= 15 is 0 Å². The average molecular weight is 373 g/mol. The van der Waals surface area contributed by atoms with Gasteiger partial charge >= 0.3 is 0 Å². The summed E-state index contributed by atoms with van der Waals surface area (Å²) in [6.07, 6.45) is 5.47. The first-order valence-electron chi connectivity index (χ1n) is 7.34. The lowest BCUT2D eigenvalue weighted by Crippen LogP contribution is -2.18. The third-order valence-corrected chi connectivity index (χ3v) is 3.94. The van der Waals surface area contributed by atoms with Crippen molar-refractivity contribution in [2.24, 2.45) is 0 Å². The van der Waals surface area contributed by atoms with Crippen LogP contribution in [0.4, 0.5) is 5.69 Å². The number of carbonyl (C=O) groups is 1. The Morgan fingerprint density at radius 1 is 1.26 bits per heavy atom. The second kappa shape index (κ2) is 6.42. The van der Waals surface area contributed by atoms with Gasteiger partial charge in [0.1, 0.15) is 5.69 Å². The number of benzene rings is 1. The molecule has 0 aliphatic rings. The topological polar surface area (TPSA) is 51.9 Å². The monoisotopic (exact) mass is 372 g/mol. The van der Waals surface area contributed by atoms with Crippen molar-refractivity contribution in [1.29, 1.82) is 0 Å². The van der Waals surface area contributed by atoms with Crippen molar-refractivity contribution in [2.45, 2.75) is 19.9 Å². The first-order valence-corrected chi connectivity index (χ1v) is 8.13. The number of anilines is 1. The molecule has 0 aliphatic carbocycles. The molecule has 2 aromatic heterocycles. The minimum atomic E-state index is -0.149. The highest BCUT2D eigenvalue weighted by Gasteiger charge is 2.16. The first kappa shape index (κ1) is 15.6. The van der Waals surface area contributed by atoms with Crippen LogP contribution >= 0.6 is 15.9 Å². The Hall–Kier alpha value is -2.34. The van der Waals surface area contributed by atoms with Gasteiger partial charge in [-0.3, -0.25) is 4.79 Å². The van der Waals surface area contributed by atoms with Crippen LogP contribution in [0.25, 0.3) is 5.69 Å². The van der Waals surface area contributed by atoms with Crippen molar-refractivity contribution in [3.05, 3.63) is 65.2 Å². The number of carbonyl (C=O) groups excluding carboxylic acids is 1. The van der Waals surface area contributed by atoms with E-state index in [1.165, 1.54) is 0 Å². The maximum absolute atomic E-state index is 12.7. The lowest BCUT2D eigenvalue weighted by atomic mass is 10.2. The molecule has 5 nitrogen and oxygen atoms in total. The number of para-hydroxylation sites is 2. The van der Waals surface area contributed by atoms with Gasteiger partial charge in [-0.15, -0.1) is 0 Å². The number of halogens is 1. The Balaban J connectivity index is 1.93. The predicted molar refractivity (Wildman–Crippen MR) is 94.0 cm³/mol. The molecule has 6 heteroatoms. The largest absolute Gasteiger partial charge is 0.340 e. The zero-order valence-corrected chi connectivity index (χ0v) is 14.5. The van der Waals surface area contributed by atoms with Crippen molar-refractivity contribution < 1.29 is 4.79 Å². The summed E-state index contributed by atoms with van der Waals surface area (Å²) in [5.74, 6) is -0.149. The molecule has 0 aliphatic heterocycles. The lowest BCUT2D eigenvalue weighted by molar-refractivity contribution is 0.101. The Labute approximate surface area is 143 Å². The molecule has 1 aromatic carbocycles. The molecule has 0 saturated carbocycles. The summed E-state index contributed by atoms with van der Waals surface area (Å²) in [4.78, 5) is 12.7. The first-order chi connectivity index (χ1) is 11.1. The van der Waals surface area contributed by atoms with E-state index in [0.29, 0.717) is 11.4 Å². The number of rotatable bonds is 4. The molecule has 1 amide bonds. The highest BCUT2D eigenvalue weighted by molar-refractivity contribution is 9.10. The standard InChI is InChI=1S/C17H17BrN4O/c1-12(2)21-11-13(18)10-16(21)17(23)20-14-6-3-4-7-15(14)22-9-5-8-19-22/h3-12H,1-2H3,(H,20,23). The number of nitrogens with one attached hydrogen (secondary N) is 1. The smallest absolute Gasteiger partial charge is 0.272 e. The summed E-state index contributed by atoms with van der Waals surface area (Å²) < 4.78 is 4.56. The summed E-state index contributed by atoms with van der Waals surface area (Å²) in [6, 6.07) is 11.5. The quantitative estimate of drug-likeness (QED) is 0.743. The minimum Gasteiger partial charge on any atom is -0.340 e. The van der Waals surface area contributed by atoms with Crippen LogP contribution < -0.4 is 5.32 Å². The Morgan fingerprint density at radius 2 is 2.04 bits per heavy atom. The minimum absolute atomic E-state index is 0.149. The highest BCUT2D eigenvalue weighted by atomic mass is 79.9. The van der Waals surface area contributed by atoms with Gasteiger partial charge in [-0.2, -0.15) is 5.10 Å². The molecular weight excluding hydrogens is 356 g/mol. The van der Waals surface area contributed by atoms with Gasteiger partial charge in [0, 0.05) is 29.1 Å². The van der Waals surface area contributed by atoms with Gasteiger partial charge in [0.2, 0.25) is 0 Å². The van der Waals surface area contributed by atoms with Crippen LogP contribution in [0.2, 0.25) is 0 Å². The molecule has 0 radical (unpaired) electrons. The van der Waals surface area contributed by atoms with Gasteiger partial charge in [0.15, 0.2) is 0 Å². The number of hydrogen-bond acceptors (Lipinski definition) is 2. The van der Waals surface area contributed by atoms with Gasteiger partial charge in [-0.1, -0.05) is 12.1 Å². The molecule has 118 valence electrons. The molecule has 0 atom stereocenters. The fraction of sp³-hybridized carbons (Fsp3) is 0.176. The summed E-state index contributed by atoms with van der Waals surface area (Å²) in [5, 5.41) is 7.21. The number of hydrogen-bond donors (Lipinski definition) is 1. The summed E-state index contributed by atoms with van der Waals surface area (Å²) in [5.41, 5.74) is 2.16. The van der Waals surface area contributed by atoms with Crippen LogP contribution in [0.15, 0.2) is 59.5 Å². The average Bonchev–Trinajstić information content (AvgIpc) is 3.17. The van der Waals surface area contributed by atoms with E-state index in [-0.39, 0.29) is 11.9 Å². The highest BCUT2D eigenvalue weighted by Crippen LogP contribution is 2.23. The van der Waals surface area contributed by atoms with E-state index in [1.54, 1.807) is 10.9 Å². The fourth-order valence-electron chi connectivity index (χ4n) is 2.43. The summed E-state index contributed by atoms with van der Waals surface area (Å²) >= 11 is 3.44. The number of nitrogens with zero attached hydrogens (tertiary/aromatic N) is 3. The van der Waals surface area contributed by atoms with Gasteiger partial charge in [-0.25, -0.2) is 4.68 Å². The second-order valence-corrected chi connectivity index (χ2v) is 6.38. The zero-order chi connectivity index (χ0) is 16.4. The SMILES string of the molecule is CC(C)n1cc(Br)cc1C(=O)Nc1ccccc1-n1cccn1. The third kappa shape index (κ3) is 3.22. The third-order valence-electron chi connectivity index (χ3n) is 3.51. The molecule has 0 bridgehead atoms. The van der Waals surface area contributed by atoms with E-state index in [4.69, 9.17) is 0 Å². The number of amides is 1. The molecule has 3 aromatic rings. The van der Waals surface area contributed by atoms with E-state index < -0.39 is 0 Å². The molecule has 0 saturated heterocycles. The molecule has 23 heavy (non-hydrogen) atoms. The van der Waals surface area contributed by atoms with Gasteiger partial charge in [0.25, 0.3) is 5.91 Å². The van der Waals surface area contributed by atoms with Crippen LogP contribution in [0.3, 0.4) is 0 Å². The van der Waals surface area contributed by atoms with Crippen LogP contribution in [-0.4, -0.2) is 20.3 Å². The van der Waals surface area contributed by atoms with Gasteiger partial charge < -0.3 is 9.88 Å². The maximum Gasteiger partial charge on any atom is 0.272 e. The molecular formula is C17H17BrN4O. The van der Waals surface area contributed by atoms with Crippen LogP contribution in [-0.2, 0) is 0 Å².